The van der Waals surface area contributed by atoms with Crippen LogP contribution in [-0.4, -0.2) is 49.2 Å². The molecule has 4 heteroatoms. The minimum absolute atomic E-state index is 0.258. The second-order valence-corrected chi connectivity index (χ2v) is 5.54. The van der Waals surface area contributed by atoms with Crippen LogP contribution in [0.5, 0.6) is 0 Å². The Bertz CT molecular complexity index is 258. The SMILES string of the molecule is CC(C)NCC(=O)N(CC1CCOC1)C1CC1. The van der Waals surface area contributed by atoms with Crippen LogP contribution >= 0.6 is 0 Å². The van der Waals surface area contributed by atoms with Gasteiger partial charge in [-0.2, -0.15) is 0 Å². The lowest BCUT2D eigenvalue weighted by molar-refractivity contribution is -0.131. The first-order valence-corrected chi connectivity index (χ1v) is 6.77. The summed E-state index contributed by atoms with van der Waals surface area (Å²) in [5, 5.41) is 3.21. The van der Waals surface area contributed by atoms with Crippen LogP contribution in [-0.2, 0) is 9.53 Å². The zero-order chi connectivity index (χ0) is 12.3. The maximum absolute atomic E-state index is 12.1. The summed E-state index contributed by atoms with van der Waals surface area (Å²) in [4.78, 5) is 14.2. The number of amides is 1. The van der Waals surface area contributed by atoms with E-state index in [0.29, 0.717) is 24.5 Å². The molecule has 0 aromatic rings. The lowest BCUT2D eigenvalue weighted by atomic mass is 10.1. The summed E-state index contributed by atoms with van der Waals surface area (Å²) >= 11 is 0. The average Bonchev–Trinajstić information content (AvgIpc) is 3.00. The lowest BCUT2D eigenvalue weighted by Crippen LogP contribution is -2.43. The highest BCUT2D eigenvalue weighted by Gasteiger charge is 2.34. The highest BCUT2D eigenvalue weighted by molar-refractivity contribution is 5.79. The number of carbonyl (C=O) groups is 1. The van der Waals surface area contributed by atoms with E-state index in [1.807, 2.05) is 0 Å². The fourth-order valence-electron chi connectivity index (χ4n) is 2.24. The third kappa shape index (κ3) is 3.96. The molecule has 2 fully saturated rings. The van der Waals surface area contributed by atoms with Gasteiger partial charge in [0.25, 0.3) is 0 Å². The molecule has 1 heterocycles. The predicted molar refractivity (Wildman–Crippen MR) is 66.8 cm³/mol. The number of ether oxygens (including phenoxy) is 1. The number of nitrogens with one attached hydrogen (secondary N) is 1. The van der Waals surface area contributed by atoms with Crippen molar-refractivity contribution in [1.29, 1.82) is 0 Å². The first-order chi connectivity index (χ1) is 8.16. The molecule has 1 aliphatic carbocycles. The maximum Gasteiger partial charge on any atom is 0.236 e. The monoisotopic (exact) mass is 240 g/mol. The van der Waals surface area contributed by atoms with Gasteiger partial charge in [-0.15, -0.1) is 0 Å². The van der Waals surface area contributed by atoms with Crippen molar-refractivity contribution < 1.29 is 9.53 Å². The predicted octanol–water partition coefficient (Wildman–Crippen LogP) is 1.01. The fraction of sp³-hybridized carbons (Fsp3) is 0.923. The van der Waals surface area contributed by atoms with E-state index in [4.69, 9.17) is 4.74 Å². The molecule has 98 valence electrons. The van der Waals surface area contributed by atoms with E-state index in [2.05, 4.69) is 24.1 Å². The second-order valence-electron chi connectivity index (χ2n) is 5.54. The van der Waals surface area contributed by atoms with Gasteiger partial charge in [-0.25, -0.2) is 0 Å². The van der Waals surface area contributed by atoms with Crippen LogP contribution in [0.3, 0.4) is 0 Å². The molecule has 0 aromatic carbocycles. The third-order valence-corrected chi connectivity index (χ3v) is 3.45. The summed E-state index contributed by atoms with van der Waals surface area (Å²) < 4.78 is 5.38. The summed E-state index contributed by atoms with van der Waals surface area (Å²) in [5.74, 6) is 0.812. The van der Waals surface area contributed by atoms with Crippen molar-refractivity contribution in [3.8, 4) is 0 Å². The van der Waals surface area contributed by atoms with Gasteiger partial charge in [0, 0.05) is 31.2 Å². The Hall–Kier alpha value is -0.610. The molecule has 1 amide bonds. The van der Waals surface area contributed by atoms with Gasteiger partial charge in [0.2, 0.25) is 5.91 Å². The van der Waals surface area contributed by atoms with Crippen LogP contribution in [0.25, 0.3) is 0 Å². The normalized spacial score (nSPS) is 24.3. The Labute approximate surface area is 104 Å². The van der Waals surface area contributed by atoms with Crippen molar-refractivity contribution in [2.45, 2.75) is 45.2 Å². The largest absolute Gasteiger partial charge is 0.381 e. The molecule has 1 atom stereocenters. The maximum atomic E-state index is 12.1. The van der Waals surface area contributed by atoms with E-state index >= 15 is 0 Å². The first kappa shape index (κ1) is 12.8. The molecule has 0 radical (unpaired) electrons. The molecule has 1 saturated carbocycles. The molecule has 0 bridgehead atoms. The van der Waals surface area contributed by atoms with Gasteiger partial charge >= 0.3 is 0 Å². The van der Waals surface area contributed by atoms with Gasteiger partial charge in [-0.1, -0.05) is 13.8 Å². The van der Waals surface area contributed by atoms with E-state index in [0.717, 1.165) is 26.2 Å². The van der Waals surface area contributed by atoms with Crippen molar-refractivity contribution >= 4 is 5.91 Å². The standard InChI is InChI=1S/C13H24N2O2/c1-10(2)14-7-13(16)15(12-3-4-12)8-11-5-6-17-9-11/h10-12,14H,3-9H2,1-2H3. The number of rotatable bonds is 6. The van der Waals surface area contributed by atoms with Gasteiger partial charge in [-0.3, -0.25) is 4.79 Å². The molecule has 0 aromatic heterocycles. The summed E-state index contributed by atoms with van der Waals surface area (Å²) in [5.41, 5.74) is 0. The Morgan fingerprint density at radius 1 is 1.41 bits per heavy atom. The molecule has 0 spiro atoms. The van der Waals surface area contributed by atoms with Crippen LogP contribution in [0.2, 0.25) is 0 Å². The highest BCUT2D eigenvalue weighted by Crippen LogP contribution is 2.28. The molecular weight excluding hydrogens is 216 g/mol. The minimum Gasteiger partial charge on any atom is -0.381 e. The molecule has 1 N–H and O–H groups in total. The van der Waals surface area contributed by atoms with Crippen molar-refractivity contribution in [2.75, 3.05) is 26.3 Å². The summed E-state index contributed by atoms with van der Waals surface area (Å²) in [6.45, 7) is 7.19. The molecule has 4 nitrogen and oxygen atoms in total. The number of nitrogens with zero attached hydrogens (tertiary/aromatic N) is 1. The van der Waals surface area contributed by atoms with E-state index in [1.165, 1.54) is 12.8 Å². The van der Waals surface area contributed by atoms with Crippen molar-refractivity contribution in [1.82, 2.24) is 10.2 Å². The zero-order valence-corrected chi connectivity index (χ0v) is 10.9. The minimum atomic E-state index is 0.258. The van der Waals surface area contributed by atoms with Crippen LogP contribution in [0, 0.1) is 5.92 Å². The fourth-order valence-corrected chi connectivity index (χ4v) is 2.24. The van der Waals surface area contributed by atoms with E-state index in [1.54, 1.807) is 0 Å². The Morgan fingerprint density at radius 3 is 2.71 bits per heavy atom. The third-order valence-electron chi connectivity index (χ3n) is 3.45. The molecular formula is C13H24N2O2. The van der Waals surface area contributed by atoms with Crippen molar-refractivity contribution in [2.24, 2.45) is 5.92 Å². The molecule has 2 aliphatic rings. The van der Waals surface area contributed by atoms with Crippen molar-refractivity contribution in [3.63, 3.8) is 0 Å². The van der Waals surface area contributed by atoms with Gasteiger partial charge in [0.1, 0.15) is 0 Å². The van der Waals surface area contributed by atoms with Crippen LogP contribution in [0.1, 0.15) is 33.1 Å². The molecule has 1 saturated heterocycles. The van der Waals surface area contributed by atoms with Gasteiger partial charge in [0.05, 0.1) is 13.2 Å². The smallest absolute Gasteiger partial charge is 0.236 e. The molecule has 17 heavy (non-hydrogen) atoms. The topological polar surface area (TPSA) is 41.6 Å². The van der Waals surface area contributed by atoms with Crippen molar-refractivity contribution in [3.05, 3.63) is 0 Å². The van der Waals surface area contributed by atoms with E-state index in [9.17, 15) is 4.79 Å². The Kier molecular flexibility index (Phi) is 4.40. The van der Waals surface area contributed by atoms with Gasteiger partial charge < -0.3 is 15.0 Å². The zero-order valence-electron chi connectivity index (χ0n) is 10.9. The first-order valence-electron chi connectivity index (χ1n) is 6.77. The van der Waals surface area contributed by atoms with Crippen LogP contribution in [0.4, 0.5) is 0 Å². The summed E-state index contributed by atoms with van der Waals surface area (Å²) in [6.07, 6.45) is 3.47. The second kappa shape index (κ2) is 5.83. The number of hydrogen-bond acceptors (Lipinski definition) is 3. The average molecular weight is 240 g/mol. The molecule has 2 rings (SSSR count). The van der Waals surface area contributed by atoms with E-state index in [-0.39, 0.29) is 5.91 Å². The lowest BCUT2D eigenvalue weighted by Gasteiger charge is -2.25. The Balaban J connectivity index is 1.80. The van der Waals surface area contributed by atoms with Gasteiger partial charge in [0.15, 0.2) is 0 Å². The molecule has 1 unspecified atom stereocenters. The Morgan fingerprint density at radius 2 is 2.18 bits per heavy atom. The van der Waals surface area contributed by atoms with Crippen LogP contribution in [0.15, 0.2) is 0 Å². The number of carbonyl (C=O) groups excluding carboxylic acids is 1. The van der Waals surface area contributed by atoms with E-state index < -0.39 is 0 Å². The molecule has 1 aliphatic heterocycles. The highest BCUT2D eigenvalue weighted by atomic mass is 16.5. The summed E-state index contributed by atoms with van der Waals surface area (Å²) in [6, 6.07) is 0.881. The summed E-state index contributed by atoms with van der Waals surface area (Å²) in [7, 11) is 0. The van der Waals surface area contributed by atoms with Gasteiger partial charge in [-0.05, 0) is 19.3 Å². The van der Waals surface area contributed by atoms with Crippen LogP contribution < -0.4 is 5.32 Å². The quantitative estimate of drug-likeness (QED) is 0.753. The number of hydrogen-bond donors (Lipinski definition) is 1.